The van der Waals surface area contributed by atoms with Gasteiger partial charge in [-0.3, -0.25) is 9.59 Å². The van der Waals surface area contributed by atoms with E-state index in [2.05, 4.69) is 26.0 Å². The van der Waals surface area contributed by atoms with Crippen molar-refractivity contribution in [3.05, 3.63) is 60.2 Å². The van der Waals surface area contributed by atoms with Gasteiger partial charge in [0, 0.05) is 31.3 Å². The molecule has 0 aliphatic heterocycles. The Hall–Kier alpha value is -3.59. The number of aromatic nitrogens is 4. The zero-order chi connectivity index (χ0) is 21.2. The van der Waals surface area contributed by atoms with Gasteiger partial charge in [-0.05, 0) is 29.3 Å². The van der Waals surface area contributed by atoms with E-state index < -0.39 is 0 Å². The van der Waals surface area contributed by atoms with Crippen molar-refractivity contribution < 1.29 is 14.3 Å². The number of ether oxygens (including phenoxy) is 1. The van der Waals surface area contributed by atoms with Crippen LogP contribution in [0.3, 0.4) is 0 Å². The molecule has 0 bridgehead atoms. The second-order valence-electron chi connectivity index (χ2n) is 6.64. The number of carbonyl (C=O) groups is 2. The molecule has 2 amide bonds. The first-order chi connectivity index (χ1) is 14.6. The number of anilines is 1. The Morgan fingerprint density at radius 1 is 1.07 bits per heavy atom. The van der Waals surface area contributed by atoms with E-state index in [1.165, 1.54) is 11.9 Å². The van der Waals surface area contributed by atoms with Crippen LogP contribution in [0.5, 0.6) is 0 Å². The zero-order valence-corrected chi connectivity index (χ0v) is 16.7. The smallest absolute Gasteiger partial charge is 0.250 e. The molecule has 156 valence electrons. The maximum atomic E-state index is 12.1. The minimum absolute atomic E-state index is 0.00552. The van der Waals surface area contributed by atoms with Gasteiger partial charge >= 0.3 is 0 Å². The minimum Gasteiger partial charge on any atom is -0.375 e. The molecule has 2 aromatic carbocycles. The fourth-order valence-electron chi connectivity index (χ4n) is 2.80. The van der Waals surface area contributed by atoms with Crippen molar-refractivity contribution in [2.24, 2.45) is 0 Å². The Bertz CT molecular complexity index is 974. The lowest BCUT2D eigenvalue weighted by atomic mass is 10.2. The summed E-state index contributed by atoms with van der Waals surface area (Å²) in [5, 5.41) is 18.0. The van der Waals surface area contributed by atoms with Gasteiger partial charge in [-0.25, -0.2) is 0 Å². The molecule has 3 aromatic rings. The molecule has 1 heterocycles. The van der Waals surface area contributed by atoms with Crippen LogP contribution in [0.1, 0.15) is 18.4 Å². The van der Waals surface area contributed by atoms with E-state index in [1.54, 1.807) is 6.07 Å². The van der Waals surface area contributed by atoms with Gasteiger partial charge in [0.05, 0.1) is 6.54 Å². The summed E-state index contributed by atoms with van der Waals surface area (Å²) in [5.74, 6) is 0.278. The Balaban J connectivity index is 1.40. The summed E-state index contributed by atoms with van der Waals surface area (Å²) in [5.41, 5.74) is 2.46. The van der Waals surface area contributed by atoms with E-state index in [4.69, 9.17) is 4.74 Å². The van der Waals surface area contributed by atoms with Crippen LogP contribution < -0.4 is 10.6 Å². The van der Waals surface area contributed by atoms with Crippen LogP contribution in [0.2, 0.25) is 0 Å². The molecule has 9 nitrogen and oxygen atoms in total. The minimum atomic E-state index is -0.226. The monoisotopic (exact) mass is 408 g/mol. The number of aryl methyl sites for hydroxylation is 1. The fourth-order valence-corrected chi connectivity index (χ4v) is 2.80. The van der Waals surface area contributed by atoms with Gasteiger partial charge in [-0.15, -0.1) is 10.2 Å². The highest BCUT2D eigenvalue weighted by molar-refractivity contribution is 5.91. The first-order valence-corrected chi connectivity index (χ1v) is 9.61. The van der Waals surface area contributed by atoms with E-state index >= 15 is 0 Å². The Labute approximate surface area is 174 Å². The molecule has 0 saturated carbocycles. The molecule has 0 unspecified atom stereocenters. The van der Waals surface area contributed by atoms with Gasteiger partial charge < -0.3 is 15.4 Å². The van der Waals surface area contributed by atoms with Gasteiger partial charge in [-0.2, -0.15) is 4.80 Å². The van der Waals surface area contributed by atoms with Crippen LogP contribution >= 0.6 is 0 Å². The summed E-state index contributed by atoms with van der Waals surface area (Å²) in [6.07, 6.45) is 0.954. The van der Waals surface area contributed by atoms with Crippen molar-refractivity contribution in [1.29, 1.82) is 0 Å². The van der Waals surface area contributed by atoms with Crippen LogP contribution in [-0.2, 0) is 27.4 Å². The van der Waals surface area contributed by atoms with Crippen LogP contribution in [0.25, 0.3) is 11.4 Å². The third kappa shape index (κ3) is 6.49. The average Bonchev–Trinajstić information content (AvgIpc) is 3.22. The summed E-state index contributed by atoms with van der Waals surface area (Å²) in [6.45, 7) is 0.884. The van der Waals surface area contributed by atoms with Crippen LogP contribution in [0.4, 0.5) is 5.69 Å². The SMILES string of the molecule is COCC(=O)Nc1cccc(CNC(=O)CCCn2nnc(-c3ccccc3)n2)c1. The molecule has 0 radical (unpaired) electrons. The Kier molecular flexibility index (Phi) is 7.62. The molecule has 30 heavy (non-hydrogen) atoms. The average molecular weight is 408 g/mol. The van der Waals surface area contributed by atoms with E-state index in [-0.39, 0.29) is 18.4 Å². The standard InChI is InChI=1S/C21H24N6O3/c1-30-15-20(29)23-18-10-5-7-16(13-18)14-22-19(28)11-6-12-27-25-21(24-26-27)17-8-3-2-4-9-17/h2-5,7-10,13H,6,11-12,14-15H2,1H3,(H,22,28)(H,23,29). The number of tetrazole rings is 1. The molecule has 2 N–H and O–H groups in total. The number of hydrogen-bond donors (Lipinski definition) is 2. The molecule has 0 saturated heterocycles. The number of rotatable bonds is 10. The molecule has 0 aliphatic carbocycles. The first kappa shape index (κ1) is 21.1. The van der Waals surface area contributed by atoms with E-state index in [1.807, 2.05) is 48.5 Å². The van der Waals surface area contributed by atoms with Gasteiger partial charge in [-0.1, -0.05) is 42.5 Å². The highest BCUT2D eigenvalue weighted by atomic mass is 16.5. The molecule has 9 heteroatoms. The number of hydrogen-bond acceptors (Lipinski definition) is 6. The predicted molar refractivity (Wildman–Crippen MR) is 111 cm³/mol. The van der Waals surface area contributed by atoms with Gasteiger partial charge in [0.2, 0.25) is 17.6 Å². The lowest BCUT2D eigenvalue weighted by Gasteiger charge is -2.08. The molecular weight excluding hydrogens is 384 g/mol. The summed E-state index contributed by atoms with van der Waals surface area (Å²) >= 11 is 0. The maximum absolute atomic E-state index is 12.1. The number of amides is 2. The third-order valence-electron chi connectivity index (χ3n) is 4.22. The summed E-state index contributed by atoms with van der Waals surface area (Å²) in [6, 6.07) is 16.9. The number of nitrogens with zero attached hydrogens (tertiary/aromatic N) is 4. The van der Waals surface area contributed by atoms with E-state index in [0.717, 1.165) is 11.1 Å². The van der Waals surface area contributed by atoms with Crippen LogP contribution in [0, 0.1) is 0 Å². The highest BCUT2D eigenvalue weighted by Gasteiger charge is 2.07. The first-order valence-electron chi connectivity index (χ1n) is 9.61. The highest BCUT2D eigenvalue weighted by Crippen LogP contribution is 2.12. The molecular formula is C21H24N6O3. The molecule has 1 aromatic heterocycles. The molecule has 0 spiro atoms. The zero-order valence-electron chi connectivity index (χ0n) is 16.7. The number of methoxy groups -OCH3 is 1. The summed E-state index contributed by atoms with van der Waals surface area (Å²) in [4.78, 5) is 25.2. The number of carbonyl (C=O) groups excluding carboxylic acids is 2. The lowest BCUT2D eigenvalue weighted by Crippen LogP contribution is -2.23. The predicted octanol–water partition coefficient (Wildman–Crippen LogP) is 2.02. The van der Waals surface area contributed by atoms with Gasteiger partial charge in [0.25, 0.3) is 0 Å². The second kappa shape index (κ2) is 10.8. The quantitative estimate of drug-likeness (QED) is 0.531. The maximum Gasteiger partial charge on any atom is 0.250 e. The van der Waals surface area contributed by atoms with Crippen molar-refractivity contribution in [1.82, 2.24) is 25.5 Å². The van der Waals surface area contributed by atoms with Crippen molar-refractivity contribution in [2.45, 2.75) is 25.9 Å². The lowest BCUT2D eigenvalue weighted by molar-refractivity contribution is -0.121. The number of benzene rings is 2. The van der Waals surface area contributed by atoms with Crippen LogP contribution in [0.15, 0.2) is 54.6 Å². The van der Waals surface area contributed by atoms with Gasteiger partial charge in [0.15, 0.2) is 0 Å². The third-order valence-corrected chi connectivity index (χ3v) is 4.22. The summed E-state index contributed by atoms with van der Waals surface area (Å²) in [7, 11) is 1.46. The Morgan fingerprint density at radius 3 is 2.70 bits per heavy atom. The molecule has 0 aliphatic rings. The second-order valence-corrected chi connectivity index (χ2v) is 6.64. The number of nitrogens with one attached hydrogen (secondary N) is 2. The largest absolute Gasteiger partial charge is 0.375 e. The topological polar surface area (TPSA) is 111 Å². The summed E-state index contributed by atoms with van der Waals surface area (Å²) < 4.78 is 4.79. The Morgan fingerprint density at radius 2 is 1.90 bits per heavy atom. The fraction of sp³-hybridized carbons (Fsp3) is 0.286. The molecule has 3 rings (SSSR count). The van der Waals surface area contributed by atoms with Gasteiger partial charge in [0.1, 0.15) is 6.61 Å². The van der Waals surface area contributed by atoms with E-state index in [9.17, 15) is 9.59 Å². The molecule has 0 atom stereocenters. The van der Waals surface area contributed by atoms with Crippen molar-refractivity contribution >= 4 is 17.5 Å². The van der Waals surface area contributed by atoms with E-state index in [0.29, 0.717) is 37.4 Å². The molecule has 0 fully saturated rings. The van der Waals surface area contributed by atoms with Crippen LogP contribution in [-0.4, -0.2) is 45.7 Å². The normalized spacial score (nSPS) is 10.6. The van der Waals surface area contributed by atoms with Crippen molar-refractivity contribution in [3.8, 4) is 11.4 Å². The van der Waals surface area contributed by atoms with Crippen molar-refractivity contribution in [2.75, 3.05) is 19.0 Å². The van der Waals surface area contributed by atoms with Crippen molar-refractivity contribution in [3.63, 3.8) is 0 Å².